The minimum absolute atomic E-state index is 0.113. The van der Waals surface area contributed by atoms with Gasteiger partial charge >= 0.3 is 0 Å². The Hall–Kier alpha value is -2.52. The van der Waals surface area contributed by atoms with Gasteiger partial charge in [-0.05, 0) is 30.3 Å². The summed E-state index contributed by atoms with van der Waals surface area (Å²) in [6, 6.07) is 10.9. The van der Waals surface area contributed by atoms with Gasteiger partial charge in [-0.25, -0.2) is 4.98 Å². The minimum atomic E-state index is -0.113. The standard InChI is InChI=1S/C14H12N4OS/c1-9(19)18-11-2-4-12(5-3-11)20-14-13(16)10(8-15)6-7-17-14/h2-7H,16H2,1H3,(H,18,19). The number of anilines is 2. The Balaban J connectivity index is 2.19. The Kier molecular flexibility index (Phi) is 4.23. The van der Waals surface area contributed by atoms with Gasteiger partial charge in [0.15, 0.2) is 0 Å². The molecule has 0 saturated carbocycles. The van der Waals surface area contributed by atoms with Crippen molar-refractivity contribution in [1.29, 1.82) is 5.26 Å². The molecule has 2 rings (SSSR count). The second kappa shape index (κ2) is 6.08. The quantitative estimate of drug-likeness (QED) is 0.904. The third kappa shape index (κ3) is 3.28. The summed E-state index contributed by atoms with van der Waals surface area (Å²) < 4.78 is 0. The van der Waals surface area contributed by atoms with Crippen LogP contribution in [0.4, 0.5) is 11.4 Å². The number of nitriles is 1. The van der Waals surface area contributed by atoms with E-state index in [1.807, 2.05) is 18.2 Å². The lowest BCUT2D eigenvalue weighted by molar-refractivity contribution is -0.114. The molecule has 0 bridgehead atoms. The molecule has 20 heavy (non-hydrogen) atoms. The Morgan fingerprint density at radius 2 is 2.05 bits per heavy atom. The maximum absolute atomic E-state index is 10.9. The average molecular weight is 284 g/mol. The van der Waals surface area contributed by atoms with E-state index in [1.54, 1.807) is 24.4 Å². The van der Waals surface area contributed by atoms with Gasteiger partial charge in [0, 0.05) is 23.7 Å². The molecule has 0 radical (unpaired) electrons. The summed E-state index contributed by atoms with van der Waals surface area (Å²) in [5, 5.41) is 12.2. The fourth-order valence-corrected chi connectivity index (χ4v) is 2.38. The number of rotatable bonds is 3. The van der Waals surface area contributed by atoms with Crippen LogP contribution in [0.5, 0.6) is 0 Å². The van der Waals surface area contributed by atoms with Crippen LogP contribution in [0.1, 0.15) is 12.5 Å². The van der Waals surface area contributed by atoms with E-state index in [9.17, 15) is 4.79 Å². The van der Waals surface area contributed by atoms with Crippen molar-refractivity contribution in [3.05, 3.63) is 42.1 Å². The van der Waals surface area contributed by atoms with Gasteiger partial charge < -0.3 is 11.1 Å². The van der Waals surface area contributed by atoms with E-state index in [1.165, 1.54) is 18.7 Å². The molecule has 0 aliphatic heterocycles. The molecule has 0 atom stereocenters. The first kappa shape index (κ1) is 13.9. The van der Waals surface area contributed by atoms with Gasteiger partial charge in [-0.1, -0.05) is 11.8 Å². The molecule has 1 aromatic carbocycles. The van der Waals surface area contributed by atoms with Gasteiger partial charge in [0.2, 0.25) is 5.91 Å². The van der Waals surface area contributed by atoms with Crippen molar-refractivity contribution in [3.63, 3.8) is 0 Å². The van der Waals surface area contributed by atoms with Crippen LogP contribution in [0.2, 0.25) is 0 Å². The smallest absolute Gasteiger partial charge is 0.221 e. The van der Waals surface area contributed by atoms with Gasteiger partial charge in [0.1, 0.15) is 11.1 Å². The summed E-state index contributed by atoms with van der Waals surface area (Å²) >= 11 is 1.37. The van der Waals surface area contributed by atoms with E-state index >= 15 is 0 Å². The number of nitrogens with two attached hydrogens (primary N) is 1. The number of amides is 1. The molecule has 1 amide bonds. The zero-order valence-electron chi connectivity index (χ0n) is 10.8. The van der Waals surface area contributed by atoms with E-state index in [0.29, 0.717) is 16.3 Å². The van der Waals surface area contributed by atoms with E-state index in [4.69, 9.17) is 11.0 Å². The maximum Gasteiger partial charge on any atom is 0.221 e. The van der Waals surface area contributed by atoms with Crippen LogP contribution >= 0.6 is 11.8 Å². The Morgan fingerprint density at radius 3 is 2.65 bits per heavy atom. The largest absolute Gasteiger partial charge is 0.395 e. The van der Waals surface area contributed by atoms with Crippen molar-refractivity contribution in [2.45, 2.75) is 16.8 Å². The fourth-order valence-electron chi connectivity index (χ4n) is 1.55. The molecule has 0 unspecified atom stereocenters. The number of carbonyl (C=O) groups is 1. The number of carbonyl (C=O) groups excluding carboxylic acids is 1. The Labute approximate surface area is 120 Å². The predicted molar refractivity (Wildman–Crippen MR) is 78.2 cm³/mol. The molecule has 0 saturated heterocycles. The monoisotopic (exact) mass is 284 g/mol. The second-order valence-electron chi connectivity index (χ2n) is 4.00. The first-order valence-corrected chi connectivity index (χ1v) is 6.62. The first-order valence-electron chi connectivity index (χ1n) is 5.80. The third-order valence-electron chi connectivity index (χ3n) is 2.46. The van der Waals surface area contributed by atoms with Crippen LogP contribution in [0.3, 0.4) is 0 Å². The Morgan fingerprint density at radius 1 is 1.35 bits per heavy atom. The molecule has 6 heteroatoms. The van der Waals surface area contributed by atoms with Gasteiger partial charge in [-0.15, -0.1) is 0 Å². The third-order valence-corrected chi connectivity index (χ3v) is 3.49. The number of hydrogen-bond donors (Lipinski definition) is 2. The minimum Gasteiger partial charge on any atom is -0.395 e. The number of hydrogen-bond acceptors (Lipinski definition) is 5. The van der Waals surface area contributed by atoms with E-state index < -0.39 is 0 Å². The number of nitrogen functional groups attached to an aromatic ring is 1. The molecule has 100 valence electrons. The van der Waals surface area contributed by atoms with Crippen molar-refractivity contribution in [2.24, 2.45) is 0 Å². The van der Waals surface area contributed by atoms with Crippen LogP contribution in [0.25, 0.3) is 0 Å². The van der Waals surface area contributed by atoms with E-state index in [2.05, 4.69) is 10.3 Å². The number of benzene rings is 1. The van der Waals surface area contributed by atoms with Crippen molar-refractivity contribution < 1.29 is 4.79 Å². The van der Waals surface area contributed by atoms with Gasteiger partial charge in [-0.2, -0.15) is 5.26 Å². The van der Waals surface area contributed by atoms with Gasteiger partial charge in [0.25, 0.3) is 0 Å². The maximum atomic E-state index is 10.9. The summed E-state index contributed by atoms with van der Waals surface area (Å²) in [5.74, 6) is -0.113. The predicted octanol–water partition coefficient (Wildman–Crippen LogP) is 2.65. The molecular weight excluding hydrogens is 272 g/mol. The topological polar surface area (TPSA) is 91.8 Å². The van der Waals surface area contributed by atoms with Crippen molar-refractivity contribution in [2.75, 3.05) is 11.1 Å². The SMILES string of the molecule is CC(=O)Nc1ccc(Sc2nccc(C#N)c2N)cc1. The second-order valence-corrected chi connectivity index (χ2v) is 5.06. The average Bonchev–Trinajstić information content (AvgIpc) is 2.43. The molecule has 0 spiro atoms. The zero-order chi connectivity index (χ0) is 14.5. The summed E-state index contributed by atoms with van der Waals surface area (Å²) in [6.07, 6.45) is 1.56. The summed E-state index contributed by atoms with van der Waals surface area (Å²) in [5.41, 5.74) is 7.40. The van der Waals surface area contributed by atoms with Gasteiger partial charge in [-0.3, -0.25) is 4.79 Å². The highest BCUT2D eigenvalue weighted by atomic mass is 32.2. The summed E-state index contributed by atoms with van der Waals surface area (Å²) in [7, 11) is 0. The lowest BCUT2D eigenvalue weighted by atomic mass is 10.2. The lowest BCUT2D eigenvalue weighted by Crippen LogP contribution is -2.05. The number of nitrogens with one attached hydrogen (secondary N) is 1. The highest BCUT2D eigenvalue weighted by Gasteiger charge is 2.07. The molecule has 0 fully saturated rings. The van der Waals surface area contributed by atoms with Crippen LogP contribution < -0.4 is 11.1 Å². The van der Waals surface area contributed by atoms with Crippen LogP contribution in [0, 0.1) is 11.3 Å². The Bertz CT molecular complexity index is 677. The van der Waals surface area contributed by atoms with Crippen LogP contribution in [0.15, 0.2) is 46.5 Å². The number of aromatic nitrogens is 1. The van der Waals surface area contributed by atoms with Crippen molar-refractivity contribution >= 4 is 29.0 Å². The van der Waals surface area contributed by atoms with E-state index in [-0.39, 0.29) is 5.91 Å². The molecule has 0 aliphatic carbocycles. The zero-order valence-corrected chi connectivity index (χ0v) is 11.6. The van der Waals surface area contributed by atoms with E-state index in [0.717, 1.165) is 10.6 Å². The molecule has 3 N–H and O–H groups in total. The van der Waals surface area contributed by atoms with Crippen molar-refractivity contribution in [3.8, 4) is 6.07 Å². The molecule has 1 heterocycles. The van der Waals surface area contributed by atoms with Gasteiger partial charge in [0.05, 0.1) is 11.3 Å². The lowest BCUT2D eigenvalue weighted by Gasteiger charge is -2.06. The van der Waals surface area contributed by atoms with Crippen molar-refractivity contribution in [1.82, 2.24) is 4.98 Å². The number of pyridine rings is 1. The normalized spacial score (nSPS) is 9.80. The molecule has 1 aromatic heterocycles. The molecule has 0 aliphatic rings. The highest BCUT2D eigenvalue weighted by Crippen LogP contribution is 2.32. The summed E-state index contributed by atoms with van der Waals surface area (Å²) in [4.78, 5) is 16.0. The molecule has 2 aromatic rings. The summed E-state index contributed by atoms with van der Waals surface area (Å²) in [6.45, 7) is 1.46. The van der Waals surface area contributed by atoms with Crippen LogP contribution in [-0.4, -0.2) is 10.9 Å². The van der Waals surface area contributed by atoms with Crippen LogP contribution in [-0.2, 0) is 4.79 Å². The number of nitrogens with zero attached hydrogens (tertiary/aromatic N) is 2. The molecular formula is C14H12N4OS. The fraction of sp³-hybridized carbons (Fsp3) is 0.0714. The highest BCUT2D eigenvalue weighted by molar-refractivity contribution is 7.99. The molecule has 5 nitrogen and oxygen atoms in total. The first-order chi connectivity index (χ1) is 9.60.